The minimum atomic E-state index is -0.633. The molecule has 5 amide bonds. The second-order valence-electron chi connectivity index (χ2n) is 4.70. The highest BCUT2D eigenvalue weighted by molar-refractivity contribution is 6.04. The van der Waals surface area contributed by atoms with Gasteiger partial charge >= 0.3 is 6.03 Å². The van der Waals surface area contributed by atoms with E-state index >= 15 is 0 Å². The van der Waals surface area contributed by atoms with E-state index in [1.807, 2.05) is 0 Å². The third-order valence-electron chi connectivity index (χ3n) is 3.06. The molecule has 0 aliphatic carbocycles. The summed E-state index contributed by atoms with van der Waals surface area (Å²) in [6, 6.07) is 7.39. The van der Waals surface area contributed by atoms with E-state index in [-0.39, 0.29) is 31.3 Å². The molecule has 1 atom stereocenters. The van der Waals surface area contributed by atoms with Crippen LogP contribution < -0.4 is 21.3 Å². The van der Waals surface area contributed by atoms with E-state index in [0.29, 0.717) is 5.56 Å². The molecule has 4 N–H and O–H groups in total. The zero-order valence-electron chi connectivity index (χ0n) is 11.7. The van der Waals surface area contributed by atoms with Crippen molar-refractivity contribution < 1.29 is 19.2 Å². The Kier molecular flexibility index (Phi) is 5.07. The average Bonchev–Trinajstić information content (AvgIpc) is 2.83. The smallest absolute Gasteiger partial charge is 0.322 e. The summed E-state index contributed by atoms with van der Waals surface area (Å²) in [5, 5.41) is 9.59. The summed E-state index contributed by atoms with van der Waals surface area (Å²) in [5.74, 6) is -1.11. The fourth-order valence-electron chi connectivity index (χ4n) is 1.93. The summed E-state index contributed by atoms with van der Waals surface area (Å²) < 4.78 is 0. The van der Waals surface area contributed by atoms with Gasteiger partial charge in [0.15, 0.2) is 0 Å². The predicted octanol–water partition coefficient (Wildman–Crippen LogP) is -0.869. The van der Waals surface area contributed by atoms with Crippen LogP contribution in [0.25, 0.3) is 0 Å². The SMILES string of the molecule is O=C(CNC(=O)c1ccccc1)NCCC1NC(=O)NC1=O. The molecule has 0 radical (unpaired) electrons. The second-order valence-corrected chi connectivity index (χ2v) is 4.70. The van der Waals surface area contributed by atoms with Gasteiger partial charge in [0.2, 0.25) is 5.91 Å². The molecule has 1 unspecified atom stereocenters. The molecule has 0 bridgehead atoms. The Hall–Kier alpha value is -2.90. The molecule has 8 nitrogen and oxygen atoms in total. The van der Waals surface area contributed by atoms with Gasteiger partial charge in [0.05, 0.1) is 6.54 Å². The van der Waals surface area contributed by atoms with Gasteiger partial charge in [-0.1, -0.05) is 18.2 Å². The van der Waals surface area contributed by atoms with E-state index in [9.17, 15) is 19.2 Å². The Morgan fingerprint density at radius 1 is 1.09 bits per heavy atom. The number of hydrogen-bond donors (Lipinski definition) is 4. The Morgan fingerprint density at radius 2 is 1.82 bits per heavy atom. The van der Waals surface area contributed by atoms with E-state index in [4.69, 9.17) is 0 Å². The first kappa shape index (κ1) is 15.5. The summed E-state index contributed by atoms with van der Waals surface area (Å²) in [7, 11) is 0. The van der Waals surface area contributed by atoms with Gasteiger partial charge in [0.25, 0.3) is 11.8 Å². The second kappa shape index (κ2) is 7.21. The highest BCUT2D eigenvalue weighted by Crippen LogP contribution is 1.98. The number of carbonyl (C=O) groups excluding carboxylic acids is 4. The number of amides is 5. The molecule has 1 fully saturated rings. The molecule has 116 valence electrons. The third-order valence-corrected chi connectivity index (χ3v) is 3.06. The molecule has 0 spiro atoms. The Balaban J connectivity index is 1.65. The van der Waals surface area contributed by atoms with Crippen LogP contribution in [0, 0.1) is 0 Å². The van der Waals surface area contributed by atoms with Gasteiger partial charge in [-0.25, -0.2) is 4.79 Å². The van der Waals surface area contributed by atoms with Crippen LogP contribution in [0.3, 0.4) is 0 Å². The number of benzene rings is 1. The number of imide groups is 1. The van der Waals surface area contributed by atoms with Crippen molar-refractivity contribution in [3.05, 3.63) is 35.9 Å². The Labute approximate surface area is 126 Å². The minimum Gasteiger partial charge on any atom is -0.354 e. The van der Waals surface area contributed by atoms with Crippen LogP contribution >= 0.6 is 0 Å². The fraction of sp³-hybridized carbons (Fsp3) is 0.286. The number of nitrogens with one attached hydrogen (secondary N) is 4. The van der Waals surface area contributed by atoms with Crippen molar-refractivity contribution in [3.63, 3.8) is 0 Å². The Morgan fingerprint density at radius 3 is 2.45 bits per heavy atom. The van der Waals surface area contributed by atoms with E-state index in [0.717, 1.165) is 0 Å². The van der Waals surface area contributed by atoms with Crippen molar-refractivity contribution in [2.45, 2.75) is 12.5 Å². The summed E-state index contributed by atoms with van der Waals surface area (Å²) in [6.07, 6.45) is 0.288. The number of carbonyl (C=O) groups is 4. The zero-order valence-corrected chi connectivity index (χ0v) is 11.7. The fourth-order valence-corrected chi connectivity index (χ4v) is 1.93. The maximum absolute atomic E-state index is 11.7. The lowest BCUT2D eigenvalue weighted by atomic mass is 10.2. The quantitative estimate of drug-likeness (QED) is 0.511. The van der Waals surface area contributed by atoms with Gasteiger partial charge in [0.1, 0.15) is 6.04 Å². The first-order valence-corrected chi connectivity index (χ1v) is 6.77. The van der Waals surface area contributed by atoms with Crippen molar-refractivity contribution in [1.29, 1.82) is 0 Å². The number of rotatable bonds is 6. The number of hydrogen-bond acceptors (Lipinski definition) is 4. The van der Waals surface area contributed by atoms with E-state index in [1.54, 1.807) is 30.3 Å². The van der Waals surface area contributed by atoms with Crippen molar-refractivity contribution in [2.75, 3.05) is 13.1 Å². The number of urea groups is 1. The molecule has 1 heterocycles. The van der Waals surface area contributed by atoms with E-state index in [1.165, 1.54) is 0 Å². The summed E-state index contributed by atoms with van der Waals surface area (Å²) in [5.41, 5.74) is 0.473. The molecular formula is C14H16N4O4. The largest absolute Gasteiger partial charge is 0.354 e. The zero-order chi connectivity index (χ0) is 15.9. The monoisotopic (exact) mass is 304 g/mol. The molecule has 1 aromatic carbocycles. The summed E-state index contributed by atoms with van der Waals surface area (Å²) in [6.45, 7) is 0.0648. The van der Waals surface area contributed by atoms with E-state index < -0.39 is 18.0 Å². The lowest BCUT2D eigenvalue weighted by Gasteiger charge is -2.09. The molecular weight excluding hydrogens is 288 g/mol. The van der Waals surface area contributed by atoms with Crippen LogP contribution in [0.2, 0.25) is 0 Å². The topological polar surface area (TPSA) is 116 Å². The highest BCUT2D eigenvalue weighted by atomic mass is 16.2. The first-order valence-electron chi connectivity index (χ1n) is 6.77. The highest BCUT2D eigenvalue weighted by Gasteiger charge is 2.28. The normalized spacial score (nSPS) is 16.6. The van der Waals surface area contributed by atoms with Crippen molar-refractivity contribution in [2.24, 2.45) is 0 Å². The van der Waals surface area contributed by atoms with Gasteiger partial charge in [-0.2, -0.15) is 0 Å². The lowest BCUT2D eigenvalue weighted by Crippen LogP contribution is -2.39. The van der Waals surface area contributed by atoms with Gasteiger partial charge in [-0.05, 0) is 18.6 Å². The maximum atomic E-state index is 11.7. The van der Waals surface area contributed by atoms with Crippen LogP contribution in [0.5, 0.6) is 0 Å². The molecule has 1 aromatic rings. The predicted molar refractivity (Wildman–Crippen MR) is 76.9 cm³/mol. The molecule has 1 aliphatic rings. The molecule has 2 rings (SSSR count). The lowest BCUT2D eigenvalue weighted by molar-refractivity contribution is -0.122. The van der Waals surface area contributed by atoms with Gasteiger partial charge in [0, 0.05) is 12.1 Å². The molecule has 0 aromatic heterocycles. The van der Waals surface area contributed by atoms with Crippen molar-refractivity contribution in [1.82, 2.24) is 21.3 Å². The van der Waals surface area contributed by atoms with Gasteiger partial charge in [-0.15, -0.1) is 0 Å². The van der Waals surface area contributed by atoms with Crippen LogP contribution in [0.1, 0.15) is 16.8 Å². The molecule has 1 saturated heterocycles. The average molecular weight is 304 g/mol. The van der Waals surface area contributed by atoms with E-state index in [2.05, 4.69) is 21.3 Å². The maximum Gasteiger partial charge on any atom is 0.322 e. The summed E-state index contributed by atoms with van der Waals surface area (Å²) >= 11 is 0. The van der Waals surface area contributed by atoms with Crippen molar-refractivity contribution in [3.8, 4) is 0 Å². The van der Waals surface area contributed by atoms with Gasteiger partial charge < -0.3 is 16.0 Å². The summed E-state index contributed by atoms with van der Waals surface area (Å²) in [4.78, 5) is 45.5. The van der Waals surface area contributed by atoms with Gasteiger partial charge in [-0.3, -0.25) is 19.7 Å². The first-order chi connectivity index (χ1) is 10.6. The molecule has 1 aliphatic heterocycles. The van der Waals surface area contributed by atoms with Crippen molar-refractivity contribution >= 4 is 23.8 Å². The van der Waals surface area contributed by atoms with Crippen LogP contribution in [0.4, 0.5) is 4.79 Å². The molecule has 22 heavy (non-hydrogen) atoms. The molecule has 8 heteroatoms. The minimum absolute atomic E-state index is 0.156. The van der Waals surface area contributed by atoms with Crippen LogP contribution in [-0.2, 0) is 9.59 Å². The van der Waals surface area contributed by atoms with Crippen LogP contribution in [0.15, 0.2) is 30.3 Å². The molecule has 0 saturated carbocycles. The standard InChI is InChI=1S/C14H16N4O4/c19-11(8-16-12(20)9-4-2-1-3-5-9)15-7-6-10-13(21)18-14(22)17-10/h1-5,10H,6-8H2,(H,15,19)(H,16,20)(H2,17,18,21,22). The Bertz CT molecular complexity index is 588. The van der Waals surface area contributed by atoms with Crippen LogP contribution in [-0.4, -0.2) is 42.9 Å². The third kappa shape index (κ3) is 4.30.